The Morgan fingerprint density at radius 3 is 2.16 bits per heavy atom. The van der Waals surface area contributed by atoms with Gasteiger partial charge in [0, 0.05) is 13.1 Å². The molecule has 0 aromatic heterocycles. The van der Waals surface area contributed by atoms with E-state index >= 15 is 0 Å². The van der Waals surface area contributed by atoms with E-state index in [0.717, 1.165) is 0 Å². The van der Waals surface area contributed by atoms with Crippen LogP contribution in [0.15, 0.2) is 25.3 Å². The Morgan fingerprint density at radius 2 is 1.74 bits per heavy atom. The van der Waals surface area contributed by atoms with Crippen LogP contribution >= 0.6 is 0 Å². The van der Waals surface area contributed by atoms with E-state index in [-0.39, 0.29) is 19.7 Å². The fourth-order valence-electron chi connectivity index (χ4n) is 1.15. The third kappa shape index (κ3) is 8.00. The van der Waals surface area contributed by atoms with Crippen molar-refractivity contribution in [1.29, 1.82) is 0 Å². The molecule has 0 radical (unpaired) electrons. The molecule has 0 unspecified atom stereocenters. The molecule has 0 saturated carbocycles. The van der Waals surface area contributed by atoms with E-state index < -0.39 is 20.0 Å². The van der Waals surface area contributed by atoms with Crippen LogP contribution in [0.3, 0.4) is 0 Å². The van der Waals surface area contributed by atoms with E-state index in [1.54, 1.807) is 12.2 Å². The van der Waals surface area contributed by atoms with Gasteiger partial charge in [-0.25, -0.2) is 4.79 Å². The monoisotopic (exact) mass is 279 g/mol. The predicted octanol–water partition coefficient (Wildman–Crippen LogP) is 1.61. The number of esters is 1. The molecule has 0 fully saturated rings. The summed E-state index contributed by atoms with van der Waals surface area (Å²) in [5, 5.41) is 0. The van der Waals surface area contributed by atoms with Crippen LogP contribution in [0.1, 0.15) is 0 Å². The number of ether oxygens (including phenoxy) is 1. The van der Waals surface area contributed by atoms with Crippen molar-refractivity contribution in [2.24, 2.45) is 0 Å². The van der Waals surface area contributed by atoms with Crippen LogP contribution in [0.4, 0.5) is 0 Å². The van der Waals surface area contributed by atoms with E-state index in [9.17, 15) is 9.59 Å². The molecular weight excluding hydrogens is 258 g/mol. The van der Waals surface area contributed by atoms with Gasteiger partial charge in [0.2, 0.25) is 0 Å². The van der Waals surface area contributed by atoms with E-state index in [0.29, 0.717) is 0 Å². The average molecular weight is 279 g/mol. The summed E-state index contributed by atoms with van der Waals surface area (Å²) in [6.45, 7) is 13.8. The highest BCUT2D eigenvalue weighted by Gasteiger charge is 2.21. The zero-order valence-electron chi connectivity index (χ0n) is 11.9. The van der Waals surface area contributed by atoms with Crippen molar-refractivity contribution in [3.05, 3.63) is 25.3 Å². The first-order valence-corrected chi connectivity index (χ1v) is 9.49. The molecule has 0 rings (SSSR count). The summed E-state index contributed by atoms with van der Waals surface area (Å²) >= 11 is 0. The summed E-state index contributed by atoms with van der Waals surface area (Å²) < 4.78 is 4.82. The van der Waals surface area contributed by atoms with Crippen molar-refractivity contribution < 1.29 is 14.3 Å². The van der Waals surface area contributed by atoms with Gasteiger partial charge in [-0.15, -0.1) is 18.7 Å². The maximum atomic E-state index is 11.7. The summed E-state index contributed by atoms with van der Waals surface area (Å²) in [6.07, 6.45) is 3.08. The molecule has 0 heterocycles. The van der Waals surface area contributed by atoms with Crippen LogP contribution in [0.25, 0.3) is 0 Å². The molecule has 0 aromatic rings. The van der Waals surface area contributed by atoms with Crippen LogP contribution in [0, 0.1) is 11.5 Å². The maximum absolute atomic E-state index is 11.7. The van der Waals surface area contributed by atoms with Crippen LogP contribution in [-0.2, 0) is 14.3 Å². The van der Waals surface area contributed by atoms with Gasteiger partial charge in [-0.3, -0.25) is 4.79 Å². The van der Waals surface area contributed by atoms with Gasteiger partial charge in [0.1, 0.15) is 8.07 Å². The van der Waals surface area contributed by atoms with Gasteiger partial charge in [0.25, 0.3) is 0 Å². The minimum absolute atomic E-state index is 0.0507. The molecule has 19 heavy (non-hydrogen) atoms. The molecular formula is C14H21NO3Si. The van der Waals surface area contributed by atoms with Gasteiger partial charge in [0.05, 0.1) is 0 Å². The number of carbonyl (C=O) groups is 2. The Balaban J connectivity index is 4.39. The summed E-state index contributed by atoms with van der Waals surface area (Å²) in [6, 6.07) is 0. The zero-order chi connectivity index (χ0) is 14.9. The minimum Gasteiger partial charge on any atom is -0.445 e. The lowest BCUT2D eigenvalue weighted by molar-refractivity contribution is -0.158. The summed E-state index contributed by atoms with van der Waals surface area (Å²) in [7, 11) is -1.48. The van der Waals surface area contributed by atoms with Crippen molar-refractivity contribution in [2.45, 2.75) is 19.6 Å². The molecule has 0 spiro atoms. The topological polar surface area (TPSA) is 46.6 Å². The number of hydrogen-bond donors (Lipinski definition) is 0. The van der Waals surface area contributed by atoms with Gasteiger partial charge >= 0.3 is 11.9 Å². The average Bonchev–Trinajstić information content (AvgIpc) is 2.32. The summed E-state index contributed by atoms with van der Waals surface area (Å²) in [4.78, 5) is 24.6. The quantitative estimate of drug-likeness (QED) is 0.252. The van der Waals surface area contributed by atoms with E-state index in [4.69, 9.17) is 4.74 Å². The van der Waals surface area contributed by atoms with Gasteiger partial charge in [0.15, 0.2) is 6.61 Å². The third-order valence-electron chi connectivity index (χ3n) is 1.90. The highest BCUT2D eigenvalue weighted by atomic mass is 28.3. The van der Waals surface area contributed by atoms with Crippen LogP contribution < -0.4 is 0 Å². The lowest BCUT2D eigenvalue weighted by atomic mass is 10.4. The zero-order valence-corrected chi connectivity index (χ0v) is 12.9. The SMILES string of the molecule is C=CCN(CC=C)C(=O)C(=O)OCC#C[Si](C)(C)C. The van der Waals surface area contributed by atoms with Crippen molar-refractivity contribution in [2.75, 3.05) is 19.7 Å². The second kappa shape index (κ2) is 8.33. The fourth-order valence-corrected chi connectivity index (χ4v) is 1.75. The van der Waals surface area contributed by atoms with E-state index in [2.05, 4.69) is 44.3 Å². The van der Waals surface area contributed by atoms with Crippen LogP contribution in [0.2, 0.25) is 19.6 Å². The second-order valence-electron chi connectivity index (χ2n) is 4.92. The maximum Gasteiger partial charge on any atom is 0.398 e. The summed E-state index contributed by atoms with van der Waals surface area (Å²) in [5.41, 5.74) is 3.05. The first kappa shape index (κ1) is 17.2. The van der Waals surface area contributed by atoms with Crippen molar-refractivity contribution in [1.82, 2.24) is 4.90 Å². The molecule has 0 saturated heterocycles. The van der Waals surface area contributed by atoms with Crippen LogP contribution in [-0.4, -0.2) is 44.5 Å². The fraction of sp³-hybridized carbons (Fsp3) is 0.429. The third-order valence-corrected chi connectivity index (χ3v) is 2.83. The van der Waals surface area contributed by atoms with Gasteiger partial charge in [-0.2, -0.15) is 0 Å². The molecule has 0 aliphatic heterocycles. The summed E-state index contributed by atoms with van der Waals surface area (Å²) in [5.74, 6) is 1.18. The first-order valence-electron chi connectivity index (χ1n) is 5.99. The molecule has 0 aliphatic rings. The van der Waals surface area contributed by atoms with Gasteiger partial charge < -0.3 is 9.64 Å². The molecule has 104 valence electrons. The van der Waals surface area contributed by atoms with E-state index in [1.165, 1.54) is 4.90 Å². The predicted molar refractivity (Wildman–Crippen MR) is 79.1 cm³/mol. The van der Waals surface area contributed by atoms with Crippen molar-refractivity contribution >= 4 is 20.0 Å². The minimum atomic E-state index is -1.48. The van der Waals surface area contributed by atoms with Crippen molar-refractivity contribution in [3.63, 3.8) is 0 Å². The molecule has 4 nitrogen and oxygen atoms in total. The highest BCUT2D eigenvalue weighted by molar-refractivity contribution is 6.83. The number of carbonyl (C=O) groups excluding carboxylic acids is 2. The molecule has 1 amide bonds. The smallest absolute Gasteiger partial charge is 0.398 e. The molecule has 0 aliphatic carbocycles. The second-order valence-corrected chi connectivity index (χ2v) is 9.67. The number of hydrogen-bond acceptors (Lipinski definition) is 3. The number of nitrogens with zero attached hydrogens (tertiary/aromatic N) is 1. The van der Waals surface area contributed by atoms with Crippen molar-refractivity contribution in [3.8, 4) is 11.5 Å². The lowest BCUT2D eigenvalue weighted by Crippen LogP contribution is -2.37. The highest BCUT2D eigenvalue weighted by Crippen LogP contribution is 1.97. The molecule has 0 aromatic carbocycles. The number of amides is 1. The lowest BCUT2D eigenvalue weighted by Gasteiger charge is -2.17. The first-order chi connectivity index (χ1) is 8.81. The molecule has 0 atom stereocenters. The largest absolute Gasteiger partial charge is 0.445 e. The number of rotatable bonds is 5. The normalized spacial score (nSPS) is 9.84. The molecule has 0 N–H and O–H groups in total. The molecule has 0 bridgehead atoms. The Morgan fingerprint density at radius 1 is 1.21 bits per heavy atom. The Bertz CT molecular complexity index is 403. The molecule has 5 heteroatoms. The Hall–Kier alpha value is -1.80. The Labute approximate surface area is 116 Å². The standard InChI is InChI=1S/C14H21NO3Si/c1-6-9-15(10-7-2)13(16)14(17)18-11-8-12-19(3,4)5/h6-7H,1-2,9-11H2,3-5H3. The van der Waals surface area contributed by atoms with Crippen LogP contribution in [0.5, 0.6) is 0 Å². The van der Waals surface area contributed by atoms with Gasteiger partial charge in [-0.05, 0) is 0 Å². The van der Waals surface area contributed by atoms with E-state index in [1.807, 2.05) is 0 Å². The van der Waals surface area contributed by atoms with Gasteiger partial charge in [-0.1, -0.05) is 37.7 Å². The Kier molecular flexibility index (Phi) is 7.54.